The predicted octanol–water partition coefficient (Wildman–Crippen LogP) is 2.40. The highest BCUT2D eigenvalue weighted by molar-refractivity contribution is 6.02. The summed E-state index contributed by atoms with van der Waals surface area (Å²) in [5, 5.41) is 22.2. The van der Waals surface area contributed by atoms with Gasteiger partial charge in [-0.15, -0.1) is 5.10 Å². The molecule has 0 aliphatic carbocycles. The van der Waals surface area contributed by atoms with Gasteiger partial charge in [-0.1, -0.05) is 12.1 Å². The second-order valence-electron chi connectivity index (χ2n) is 5.63. The van der Waals surface area contributed by atoms with E-state index >= 15 is 0 Å². The molecule has 0 fully saturated rings. The number of aryl methyl sites for hydroxylation is 1. The summed E-state index contributed by atoms with van der Waals surface area (Å²) in [4.78, 5) is 16.1. The van der Waals surface area contributed by atoms with Crippen molar-refractivity contribution in [2.24, 2.45) is 7.05 Å². The molecular weight excluding hydrogens is 308 g/mol. The Kier molecular flexibility index (Phi) is 4.11. The van der Waals surface area contributed by atoms with E-state index in [0.717, 1.165) is 6.42 Å². The summed E-state index contributed by atoms with van der Waals surface area (Å²) >= 11 is 0. The van der Waals surface area contributed by atoms with Crippen LogP contribution in [0.4, 0.5) is 0 Å². The minimum absolute atomic E-state index is 0.135. The second kappa shape index (κ2) is 6.23. The first-order chi connectivity index (χ1) is 11.5. The average molecular weight is 326 g/mol. The van der Waals surface area contributed by atoms with Crippen LogP contribution in [0.5, 0.6) is 0 Å². The van der Waals surface area contributed by atoms with Crippen LogP contribution < -0.4 is 0 Å². The number of carbonyl (C=O) groups is 1. The molecule has 8 heteroatoms. The standard InChI is InChI=1S/C16H18N6O2/c1-4-10(2)22-15-14(8-17-22)13(16(23)24)7-11(18-15)5-6-12-9-21(3)20-19-12/h5-10H,4H2,1-3H3,(H,23,24)/b6-5+. The molecule has 0 aliphatic rings. The summed E-state index contributed by atoms with van der Waals surface area (Å²) < 4.78 is 3.36. The van der Waals surface area contributed by atoms with Gasteiger partial charge in [0.25, 0.3) is 0 Å². The maximum absolute atomic E-state index is 11.6. The average Bonchev–Trinajstić information content (AvgIpc) is 3.17. The van der Waals surface area contributed by atoms with E-state index in [2.05, 4.69) is 20.4 Å². The fourth-order valence-corrected chi connectivity index (χ4v) is 2.41. The molecule has 3 aromatic rings. The Labute approximate surface area is 138 Å². The lowest BCUT2D eigenvalue weighted by Crippen LogP contribution is -2.07. The maximum Gasteiger partial charge on any atom is 0.336 e. The second-order valence-corrected chi connectivity index (χ2v) is 5.63. The lowest BCUT2D eigenvalue weighted by Gasteiger charge is -2.10. The number of carboxylic acid groups (broad SMARTS) is 1. The molecule has 8 nitrogen and oxygen atoms in total. The van der Waals surface area contributed by atoms with Crippen molar-refractivity contribution in [1.29, 1.82) is 0 Å². The van der Waals surface area contributed by atoms with Crippen molar-refractivity contribution in [3.05, 3.63) is 35.4 Å². The van der Waals surface area contributed by atoms with Gasteiger partial charge in [-0.2, -0.15) is 5.10 Å². The highest BCUT2D eigenvalue weighted by Crippen LogP contribution is 2.23. The first-order valence-corrected chi connectivity index (χ1v) is 7.65. The Morgan fingerprint density at radius 3 is 2.75 bits per heavy atom. The van der Waals surface area contributed by atoms with Gasteiger partial charge >= 0.3 is 5.97 Å². The number of carboxylic acids is 1. The molecule has 0 aromatic carbocycles. The number of hydrogen-bond acceptors (Lipinski definition) is 5. The van der Waals surface area contributed by atoms with Crippen LogP contribution in [0.2, 0.25) is 0 Å². The first kappa shape index (κ1) is 15.9. The van der Waals surface area contributed by atoms with Crippen LogP contribution in [0.25, 0.3) is 23.2 Å². The number of pyridine rings is 1. The van der Waals surface area contributed by atoms with Gasteiger partial charge in [0, 0.05) is 7.05 Å². The van der Waals surface area contributed by atoms with Crippen molar-refractivity contribution in [2.75, 3.05) is 0 Å². The van der Waals surface area contributed by atoms with Gasteiger partial charge in [0.1, 0.15) is 5.69 Å². The van der Waals surface area contributed by atoms with Gasteiger partial charge in [-0.25, -0.2) is 14.5 Å². The third-order valence-corrected chi connectivity index (χ3v) is 3.87. The van der Waals surface area contributed by atoms with Gasteiger partial charge in [0.05, 0.1) is 35.1 Å². The number of nitrogens with zero attached hydrogens (tertiary/aromatic N) is 6. The van der Waals surface area contributed by atoms with E-state index in [1.165, 1.54) is 0 Å². The van der Waals surface area contributed by atoms with Gasteiger partial charge in [-0.05, 0) is 31.6 Å². The van der Waals surface area contributed by atoms with Gasteiger partial charge in [-0.3, -0.25) is 4.68 Å². The molecule has 0 aliphatic heterocycles. The van der Waals surface area contributed by atoms with Crippen molar-refractivity contribution in [2.45, 2.75) is 26.3 Å². The molecule has 3 aromatic heterocycles. The van der Waals surface area contributed by atoms with Crippen LogP contribution in [0, 0.1) is 0 Å². The van der Waals surface area contributed by atoms with E-state index < -0.39 is 5.97 Å². The van der Waals surface area contributed by atoms with E-state index in [0.29, 0.717) is 22.4 Å². The zero-order valence-electron chi connectivity index (χ0n) is 13.7. The van der Waals surface area contributed by atoms with Gasteiger partial charge in [0.15, 0.2) is 5.65 Å². The van der Waals surface area contributed by atoms with Crippen LogP contribution in [-0.4, -0.2) is 40.8 Å². The zero-order chi connectivity index (χ0) is 17.3. The molecule has 0 bridgehead atoms. The summed E-state index contributed by atoms with van der Waals surface area (Å²) in [6.45, 7) is 4.07. The molecule has 0 saturated heterocycles. The molecule has 0 spiro atoms. The van der Waals surface area contributed by atoms with Crippen molar-refractivity contribution < 1.29 is 9.90 Å². The molecule has 0 radical (unpaired) electrons. The summed E-state index contributed by atoms with van der Waals surface area (Å²) in [7, 11) is 1.78. The van der Waals surface area contributed by atoms with Crippen LogP contribution >= 0.6 is 0 Å². The van der Waals surface area contributed by atoms with E-state index in [9.17, 15) is 9.90 Å². The Bertz CT molecular complexity index is 924. The molecule has 1 atom stereocenters. The fourth-order valence-electron chi connectivity index (χ4n) is 2.41. The van der Waals surface area contributed by atoms with Crippen molar-refractivity contribution in [3.8, 4) is 0 Å². The Morgan fingerprint density at radius 2 is 2.12 bits per heavy atom. The molecule has 1 N–H and O–H groups in total. The molecular formula is C16H18N6O2. The Morgan fingerprint density at radius 1 is 1.38 bits per heavy atom. The van der Waals surface area contributed by atoms with Crippen molar-refractivity contribution >= 4 is 29.2 Å². The van der Waals surface area contributed by atoms with Crippen LogP contribution in [0.15, 0.2) is 18.5 Å². The normalized spacial score (nSPS) is 13.0. The predicted molar refractivity (Wildman–Crippen MR) is 89.4 cm³/mol. The van der Waals surface area contributed by atoms with Gasteiger partial charge < -0.3 is 5.11 Å². The molecule has 24 heavy (non-hydrogen) atoms. The van der Waals surface area contributed by atoms with Crippen molar-refractivity contribution in [1.82, 2.24) is 29.8 Å². The zero-order valence-corrected chi connectivity index (χ0v) is 13.7. The molecule has 0 saturated carbocycles. The third-order valence-electron chi connectivity index (χ3n) is 3.87. The maximum atomic E-state index is 11.6. The quantitative estimate of drug-likeness (QED) is 0.773. The molecule has 0 amide bonds. The number of aromatic carboxylic acids is 1. The highest BCUT2D eigenvalue weighted by Gasteiger charge is 2.17. The summed E-state index contributed by atoms with van der Waals surface area (Å²) in [5.74, 6) is -1.000. The smallest absolute Gasteiger partial charge is 0.336 e. The highest BCUT2D eigenvalue weighted by atomic mass is 16.4. The van der Waals surface area contributed by atoms with E-state index in [1.807, 2.05) is 13.8 Å². The topological polar surface area (TPSA) is 98.7 Å². The number of fused-ring (bicyclic) bond motifs is 1. The minimum atomic E-state index is -1.000. The Balaban J connectivity index is 2.10. The van der Waals surface area contributed by atoms with Crippen molar-refractivity contribution in [3.63, 3.8) is 0 Å². The molecule has 3 rings (SSSR count). The van der Waals surface area contributed by atoms with Crippen LogP contribution in [-0.2, 0) is 7.05 Å². The monoisotopic (exact) mass is 326 g/mol. The first-order valence-electron chi connectivity index (χ1n) is 7.65. The Hall–Kier alpha value is -3.03. The molecule has 1 unspecified atom stereocenters. The minimum Gasteiger partial charge on any atom is -0.478 e. The summed E-state index contributed by atoms with van der Waals surface area (Å²) in [6, 6.07) is 1.68. The van der Waals surface area contributed by atoms with E-state index in [4.69, 9.17) is 0 Å². The van der Waals surface area contributed by atoms with E-state index in [1.54, 1.807) is 47.0 Å². The SMILES string of the molecule is CCC(C)n1ncc2c(C(=O)O)cc(/C=C/c3cn(C)nn3)nc21. The third kappa shape index (κ3) is 2.90. The largest absolute Gasteiger partial charge is 0.478 e. The number of rotatable bonds is 5. The summed E-state index contributed by atoms with van der Waals surface area (Å²) in [6.07, 6.45) is 7.67. The van der Waals surface area contributed by atoms with E-state index in [-0.39, 0.29) is 11.6 Å². The fraction of sp³-hybridized carbons (Fsp3) is 0.312. The van der Waals surface area contributed by atoms with Crippen LogP contribution in [0.1, 0.15) is 48.1 Å². The summed E-state index contributed by atoms with van der Waals surface area (Å²) in [5.41, 5.74) is 1.97. The lowest BCUT2D eigenvalue weighted by atomic mass is 10.1. The number of hydrogen-bond donors (Lipinski definition) is 1. The van der Waals surface area contributed by atoms with Crippen LogP contribution in [0.3, 0.4) is 0 Å². The lowest BCUT2D eigenvalue weighted by molar-refractivity contribution is 0.0699. The van der Waals surface area contributed by atoms with Gasteiger partial charge in [0.2, 0.25) is 0 Å². The molecule has 124 valence electrons. The molecule has 3 heterocycles. The number of aromatic nitrogens is 6.